The minimum atomic E-state index is 0.0825. The summed E-state index contributed by atoms with van der Waals surface area (Å²) in [5.74, 6) is 2.69. The maximum absolute atomic E-state index is 9.29. The van der Waals surface area contributed by atoms with Gasteiger partial charge in [0.15, 0.2) is 0 Å². The van der Waals surface area contributed by atoms with Crippen molar-refractivity contribution in [2.24, 2.45) is 0 Å². The predicted molar refractivity (Wildman–Crippen MR) is 74.3 cm³/mol. The Labute approximate surface area is 109 Å². The normalized spacial score (nSPS) is 17.3. The zero-order valence-corrected chi connectivity index (χ0v) is 10.6. The number of hydrogen-bond acceptors (Lipinski definition) is 3. The number of nitrogens with one attached hydrogen (secondary N) is 1. The Bertz CT molecular complexity index is 417. The number of hydrogen-bond donors (Lipinski definition) is 2. The fourth-order valence-corrected chi connectivity index (χ4v) is 2.38. The molecule has 1 heterocycles. The molecule has 0 saturated carbocycles. The molecule has 0 aromatic heterocycles. The van der Waals surface area contributed by atoms with Gasteiger partial charge in [0.2, 0.25) is 0 Å². The van der Waals surface area contributed by atoms with Gasteiger partial charge in [-0.1, -0.05) is 24.1 Å². The van der Waals surface area contributed by atoms with Gasteiger partial charge in [0.25, 0.3) is 0 Å². The number of terminal acetylenes is 1. The molecule has 18 heavy (non-hydrogen) atoms. The van der Waals surface area contributed by atoms with Crippen LogP contribution in [0.4, 0.5) is 5.69 Å². The van der Waals surface area contributed by atoms with E-state index in [1.54, 1.807) is 0 Å². The molecule has 1 aromatic rings. The molecule has 1 fully saturated rings. The molecule has 3 heteroatoms. The first kappa shape index (κ1) is 12.9. The van der Waals surface area contributed by atoms with E-state index in [9.17, 15) is 5.11 Å². The molecular weight excluding hydrogens is 224 g/mol. The van der Waals surface area contributed by atoms with Gasteiger partial charge in [-0.25, -0.2) is 0 Å². The molecule has 0 amide bonds. The van der Waals surface area contributed by atoms with Gasteiger partial charge in [-0.2, -0.15) is 0 Å². The summed E-state index contributed by atoms with van der Waals surface area (Å²) in [6, 6.07) is 8.41. The fourth-order valence-electron chi connectivity index (χ4n) is 2.38. The molecule has 0 bridgehead atoms. The van der Waals surface area contributed by atoms with Gasteiger partial charge in [-0.3, -0.25) is 4.90 Å². The van der Waals surface area contributed by atoms with Crippen molar-refractivity contribution in [1.29, 1.82) is 0 Å². The van der Waals surface area contributed by atoms with Crippen LogP contribution in [0.5, 0.6) is 0 Å². The zero-order valence-electron chi connectivity index (χ0n) is 10.6. The van der Waals surface area contributed by atoms with Gasteiger partial charge in [0.05, 0.1) is 13.2 Å². The summed E-state index contributed by atoms with van der Waals surface area (Å²) >= 11 is 0. The van der Waals surface area contributed by atoms with E-state index in [2.05, 4.69) is 16.1 Å². The molecule has 0 unspecified atom stereocenters. The lowest BCUT2D eigenvalue weighted by molar-refractivity contribution is 0.243. The molecule has 3 nitrogen and oxygen atoms in total. The lowest BCUT2D eigenvalue weighted by Crippen LogP contribution is -2.39. The number of rotatable bonds is 4. The average Bonchev–Trinajstić information content (AvgIpc) is 2.42. The highest BCUT2D eigenvalue weighted by atomic mass is 16.3. The highest BCUT2D eigenvalue weighted by Crippen LogP contribution is 2.20. The van der Waals surface area contributed by atoms with Crippen LogP contribution in [0.15, 0.2) is 24.3 Å². The second-order valence-corrected chi connectivity index (χ2v) is 4.71. The number of para-hydroxylation sites is 1. The summed E-state index contributed by atoms with van der Waals surface area (Å²) in [4.78, 5) is 2.30. The first-order valence-electron chi connectivity index (χ1n) is 6.44. The topological polar surface area (TPSA) is 35.5 Å². The summed E-state index contributed by atoms with van der Waals surface area (Å²) < 4.78 is 0. The van der Waals surface area contributed by atoms with Crippen LogP contribution >= 0.6 is 0 Å². The van der Waals surface area contributed by atoms with E-state index >= 15 is 0 Å². The van der Waals surface area contributed by atoms with E-state index in [4.69, 9.17) is 6.42 Å². The van der Waals surface area contributed by atoms with Gasteiger partial charge < -0.3 is 10.4 Å². The van der Waals surface area contributed by atoms with E-state index < -0.39 is 0 Å². The van der Waals surface area contributed by atoms with Gasteiger partial charge in [-0.15, -0.1) is 6.42 Å². The summed E-state index contributed by atoms with van der Waals surface area (Å²) in [6.45, 7) is 2.92. The monoisotopic (exact) mass is 244 g/mol. The molecule has 2 N–H and O–H groups in total. The molecule has 96 valence electrons. The van der Waals surface area contributed by atoms with Crippen LogP contribution < -0.4 is 5.32 Å². The van der Waals surface area contributed by atoms with Crippen LogP contribution in [0.25, 0.3) is 0 Å². The quantitative estimate of drug-likeness (QED) is 0.791. The van der Waals surface area contributed by atoms with Crippen LogP contribution in [0.1, 0.15) is 18.4 Å². The summed E-state index contributed by atoms with van der Waals surface area (Å²) in [6.07, 6.45) is 7.52. The van der Waals surface area contributed by atoms with E-state index in [-0.39, 0.29) is 6.61 Å². The first-order valence-corrected chi connectivity index (χ1v) is 6.44. The summed E-state index contributed by atoms with van der Waals surface area (Å²) in [5, 5.41) is 12.8. The number of aliphatic hydroxyl groups is 1. The number of benzene rings is 1. The first-order chi connectivity index (χ1) is 8.83. The zero-order chi connectivity index (χ0) is 12.8. The van der Waals surface area contributed by atoms with Gasteiger partial charge in [0.1, 0.15) is 0 Å². The smallest absolute Gasteiger partial charge is 0.0701 e. The molecule has 1 aliphatic heterocycles. The highest BCUT2D eigenvalue weighted by molar-refractivity contribution is 5.51. The van der Waals surface area contributed by atoms with Crippen molar-refractivity contribution in [3.8, 4) is 12.3 Å². The van der Waals surface area contributed by atoms with Crippen LogP contribution in [0, 0.1) is 12.3 Å². The summed E-state index contributed by atoms with van der Waals surface area (Å²) in [7, 11) is 0. The maximum Gasteiger partial charge on any atom is 0.0701 e. The van der Waals surface area contributed by atoms with Gasteiger partial charge in [-0.05, 0) is 18.9 Å². The van der Waals surface area contributed by atoms with Crippen LogP contribution in [0.2, 0.25) is 0 Å². The second kappa shape index (κ2) is 6.44. The van der Waals surface area contributed by atoms with Crippen LogP contribution in [0.3, 0.4) is 0 Å². The Balaban J connectivity index is 1.90. The minimum absolute atomic E-state index is 0.0825. The predicted octanol–water partition coefficient (Wildman–Crippen LogP) is 1.69. The van der Waals surface area contributed by atoms with E-state index in [0.29, 0.717) is 6.04 Å². The van der Waals surface area contributed by atoms with Crippen molar-refractivity contribution in [1.82, 2.24) is 4.90 Å². The van der Waals surface area contributed by atoms with E-state index in [1.807, 2.05) is 24.3 Å². The molecule has 1 aromatic carbocycles. The molecule has 0 aliphatic carbocycles. The molecule has 1 aliphatic rings. The molecule has 0 spiro atoms. The van der Waals surface area contributed by atoms with Crippen molar-refractivity contribution in [3.63, 3.8) is 0 Å². The van der Waals surface area contributed by atoms with Gasteiger partial charge >= 0.3 is 0 Å². The Morgan fingerprint density at radius 2 is 2.06 bits per heavy atom. The molecular formula is C15H20N2O. The Hall–Kier alpha value is -1.50. The Morgan fingerprint density at radius 1 is 1.33 bits per heavy atom. The highest BCUT2D eigenvalue weighted by Gasteiger charge is 2.18. The molecule has 0 atom stereocenters. The van der Waals surface area contributed by atoms with Crippen molar-refractivity contribution in [2.75, 3.05) is 25.0 Å². The SMILES string of the molecule is C#CCN1CCC(Nc2ccccc2CO)CC1. The Kier molecular flexibility index (Phi) is 4.63. The number of anilines is 1. The van der Waals surface area contributed by atoms with Crippen LogP contribution in [-0.2, 0) is 6.61 Å². The summed E-state index contributed by atoms with van der Waals surface area (Å²) in [5.41, 5.74) is 2.01. The van der Waals surface area contributed by atoms with E-state index in [1.165, 1.54) is 0 Å². The Morgan fingerprint density at radius 3 is 2.72 bits per heavy atom. The fraction of sp³-hybridized carbons (Fsp3) is 0.467. The molecule has 1 saturated heterocycles. The van der Waals surface area contributed by atoms with Crippen molar-refractivity contribution in [3.05, 3.63) is 29.8 Å². The van der Waals surface area contributed by atoms with Gasteiger partial charge in [0, 0.05) is 30.4 Å². The number of nitrogens with zero attached hydrogens (tertiary/aromatic N) is 1. The average molecular weight is 244 g/mol. The molecule has 0 radical (unpaired) electrons. The standard InChI is InChI=1S/C15H20N2O/c1-2-9-17-10-7-14(8-11-17)16-15-6-4-3-5-13(15)12-18/h1,3-6,14,16,18H,7-12H2. The maximum atomic E-state index is 9.29. The third kappa shape index (κ3) is 3.25. The number of aliphatic hydroxyl groups excluding tert-OH is 1. The lowest BCUT2D eigenvalue weighted by Gasteiger charge is -2.32. The largest absolute Gasteiger partial charge is 0.392 e. The van der Waals surface area contributed by atoms with Crippen molar-refractivity contribution in [2.45, 2.75) is 25.5 Å². The third-order valence-electron chi connectivity index (χ3n) is 3.45. The number of likely N-dealkylation sites (tertiary alicyclic amines) is 1. The molecule has 2 rings (SSSR count). The minimum Gasteiger partial charge on any atom is -0.392 e. The van der Waals surface area contributed by atoms with E-state index in [0.717, 1.165) is 43.7 Å². The number of piperidine rings is 1. The lowest BCUT2D eigenvalue weighted by atomic mass is 10.0. The van der Waals surface area contributed by atoms with Crippen LogP contribution in [-0.4, -0.2) is 35.7 Å². The second-order valence-electron chi connectivity index (χ2n) is 4.71. The van der Waals surface area contributed by atoms with Crippen molar-refractivity contribution >= 4 is 5.69 Å². The van der Waals surface area contributed by atoms with Crippen molar-refractivity contribution < 1.29 is 5.11 Å². The third-order valence-corrected chi connectivity index (χ3v) is 3.45.